The normalized spacial score (nSPS) is 15.8. The van der Waals surface area contributed by atoms with Crippen LogP contribution in [0.5, 0.6) is 0 Å². The fraction of sp³-hybridized carbons (Fsp3) is 0.300. The number of sulfone groups is 1. The quantitative estimate of drug-likeness (QED) is 0.726. The van der Waals surface area contributed by atoms with Gasteiger partial charge in [0, 0.05) is 18.6 Å². The van der Waals surface area contributed by atoms with Crippen LogP contribution in [-0.4, -0.2) is 37.3 Å². The number of nitrogens with zero attached hydrogens (tertiary/aromatic N) is 2. The Hall–Kier alpha value is -2.71. The lowest BCUT2D eigenvalue weighted by Gasteiger charge is -2.23. The van der Waals surface area contributed by atoms with Crippen molar-refractivity contribution in [1.29, 1.82) is 0 Å². The second-order valence-corrected chi connectivity index (χ2v) is 8.83. The van der Waals surface area contributed by atoms with E-state index < -0.39 is 15.7 Å². The van der Waals surface area contributed by atoms with Crippen molar-refractivity contribution in [3.05, 3.63) is 53.7 Å². The van der Waals surface area contributed by atoms with Gasteiger partial charge >= 0.3 is 0 Å². The van der Waals surface area contributed by atoms with Gasteiger partial charge in [-0.3, -0.25) is 9.48 Å². The van der Waals surface area contributed by atoms with Crippen molar-refractivity contribution in [2.45, 2.75) is 35.6 Å². The Morgan fingerprint density at radius 3 is 2.61 bits per heavy atom. The molecule has 1 amide bonds. The van der Waals surface area contributed by atoms with E-state index in [9.17, 15) is 13.2 Å². The number of aromatic nitrogens is 2. The molecule has 1 fully saturated rings. The lowest BCUT2D eigenvalue weighted by atomic mass is 10.1. The minimum atomic E-state index is -3.90. The Balaban J connectivity index is 1.82. The molecular weight excluding hydrogens is 378 g/mol. The molecule has 1 aliphatic rings. The standard InChI is InChI=1S/C20H21N3O4S/c1-13-17-12-15(28(25,26)19-5-3-2-4-16(19)20(21)24)6-7-18(17)23(22-13)14-8-10-27-11-9-14/h2-7,12,14H,8-11H2,1H3,(H2,21,24). The maximum absolute atomic E-state index is 13.2. The molecule has 3 aromatic rings. The fourth-order valence-corrected chi connectivity index (χ4v) is 5.17. The zero-order chi connectivity index (χ0) is 19.9. The van der Waals surface area contributed by atoms with Crippen molar-refractivity contribution in [3.63, 3.8) is 0 Å². The number of aryl methyl sites for hydroxylation is 1. The Labute approximate surface area is 163 Å². The number of rotatable bonds is 4. The van der Waals surface area contributed by atoms with Crippen molar-refractivity contribution in [2.24, 2.45) is 5.73 Å². The van der Waals surface area contributed by atoms with Crippen LogP contribution < -0.4 is 5.73 Å². The summed E-state index contributed by atoms with van der Waals surface area (Å²) in [6.45, 7) is 3.26. The van der Waals surface area contributed by atoms with Gasteiger partial charge in [0.15, 0.2) is 0 Å². The summed E-state index contributed by atoms with van der Waals surface area (Å²) in [4.78, 5) is 11.7. The highest BCUT2D eigenvalue weighted by molar-refractivity contribution is 7.91. The van der Waals surface area contributed by atoms with Gasteiger partial charge in [-0.25, -0.2) is 8.42 Å². The largest absolute Gasteiger partial charge is 0.381 e. The molecule has 0 saturated carbocycles. The molecule has 0 atom stereocenters. The molecule has 2 N–H and O–H groups in total. The Morgan fingerprint density at radius 2 is 1.89 bits per heavy atom. The van der Waals surface area contributed by atoms with E-state index in [0.717, 1.165) is 29.4 Å². The third kappa shape index (κ3) is 3.08. The molecule has 0 bridgehead atoms. The van der Waals surface area contributed by atoms with Crippen LogP contribution in [0.3, 0.4) is 0 Å². The molecule has 1 aromatic heterocycles. The molecule has 8 heteroatoms. The first-order valence-corrected chi connectivity index (χ1v) is 10.6. The van der Waals surface area contributed by atoms with Gasteiger partial charge in [-0.15, -0.1) is 0 Å². The number of carbonyl (C=O) groups excluding carboxylic acids is 1. The predicted octanol–water partition coefficient (Wildman–Crippen LogP) is 2.63. The van der Waals surface area contributed by atoms with Crippen molar-refractivity contribution in [2.75, 3.05) is 13.2 Å². The molecule has 0 aliphatic carbocycles. The molecule has 1 aliphatic heterocycles. The monoisotopic (exact) mass is 399 g/mol. The lowest BCUT2D eigenvalue weighted by molar-refractivity contribution is 0.0674. The molecule has 146 valence electrons. The van der Waals surface area contributed by atoms with E-state index in [1.165, 1.54) is 12.1 Å². The van der Waals surface area contributed by atoms with Crippen LogP contribution in [0.1, 0.15) is 34.9 Å². The maximum Gasteiger partial charge on any atom is 0.250 e. The van der Waals surface area contributed by atoms with Gasteiger partial charge in [0.2, 0.25) is 15.7 Å². The first kappa shape index (κ1) is 18.6. The van der Waals surface area contributed by atoms with Gasteiger partial charge in [-0.05, 0) is 50.1 Å². The average molecular weight is 399 g/mol. The van der Waals surface area contributed by atoms with E-state index in [2.05, 4.69) is 5.10 Å². The third-order valence-corrected chi connectivity index (χ3v) is 6.96. The van der Waals surface area contributed by atoms with Crippen molar-refractivity contribution in [1.82, 2.24) is 9.78 Å². The SMILES string of the molecule is Cc1nn(C2CCOCC2)c2ccc(S(=O)(=O)c3ccccc3C(N)=O)cc12. The number of ether oxygens (including phenoxy) is 1. The first-order valence-electron chi connectivity index (χ1n) is 9.10. The summed E-state index contributed by atoms with van der Waals surface area (Å²) in [5, 5.41) is 5.43. The van der Waals surface area contributed by atoms with Crippen LogP contribution in [0.4, 0.5) is 0 Å². The van der Waals surface area contributed by atoms with Crippen LogP contribution >= 0.6 is 0 Å². The summed E-state index contributed by atoms with van der Waals surface area (Å²) in [5.41, 5.74) is 7.01. The summed E-state index contributed by atoms with van der Waals surface area (Å²) < 4.78 is 33.7. The Kier molecular flexibility index (Phi) is 4.68. The maximum atomic E-state index is 13.2. The number of fused-ring (bicyclic) bond motifs is 1. The summed E-state index contributed by atoms with van der Waals surface area (Å²) in [6.07, 6.45) is 1.75. The molecule has 2 heterocycles. The van der Waals surface area contributed by atoms with Gasteiger partial charge in [0.25, 0.3) is 0 Å². The number of carbonyl (C=O) groups is 1. The second-order valence-electron chi connectivity index (χ2n) is 6.92. The Bertz CT molecular complexity index is 1160. The van der Waals surface area contributed by atoms with Gasteiger partial charge in [0.05, 0.1) is 32.6 Å². The number of hydrogen-bond donors (Lipinski definition) is 1. The third-order valence-electron chi connectivity index (χ3n) is 5.15. The van der Waals surface area contributed by atoms with Gasteiger partial charge in [-0.2, -0.15) is 5.10 Å². The highest BCUT2D eigenvalue weighted by atomic mass is 32.2. The van der Waals surface area contributed by atoms with Crippen LogP contribution in [0.2, 0.25) is 0 Å². The van der Waals surface area contributed by atoms with E-state index >= 15 is 0 Å². The summed E-state index contributed by atoms with van der Waals surface area (Å²) in [6, 6.07) is 11.2. The minimum Gasteiger partial charge on any atom is -0.381 e. The first-order chi connectivity index (χ1) is 13.4. The highest BCUT2D eigenvalue weighted by Gasteiger charge is 2.25. The summed E-state index contributed by atoms with van der Waals surface area (Å²) >= 11 is 0. The van der Waals surface area contributed by atoms with Crippen molar-refractivity contribution in [3.8, 4) is 0 Å². The van der Waals surface area contributed by atoms with Gasteiger partial charge < -0.3 is 10.5 Å². The fourth-order valence-electron chi connectivity index (χ4n) is 3.68. The number of hydrogen-bond acceptors (Lipinski definition) is 5. The predicted molar refractivity (Wildman–Crippen MR) is 104 cm³/mol. The topological polar surface area (TPSA) is 104 Å². The molecule has 0 radical (unpaired) electrons. The average Bonchev–Trinajstić information content (AvgIpc) is 3.05. The summed E-state index contributed by atoms with van der Waals surface area (Å²) in [5.74, 6) is -0.774. The number of amides is 1. The molecule has 0 spiro atoms. The van der Waals surface area contributed by atoms with E-state index in [0.29, 0.717) is 13.2 Å². The molecular formula is C20H21N3O4S. The molecule has 0 unspecified atom stereocenters. The Morgan fingerprint density at radius 1 is 1.18 bits per heavy atom. The van der Waals surface area contributed by atoms with E-state index in [-0.39, 0.29) is 21.4 Å². The lowest BCUT2D eigenvalue weighted by Crippen LogP contribution is -2.20. The molecule has 28 heavy (non-hydrogen) atoms. The molecule has 2 aromatic carbocycles. The number of benzene rings is 2. The van der Waals surface area contributed by atoms with Gasteiger partial charge in [0.1, 0.15) is 0 Å². The van der Waals surface area contributed by atoms with E-state index in [1.807, 2.05) is 11.6 Å². The second kappa shape index (κ2) is 7.03. The van der Waals surface area contributed by atoms with Crippen molar-refractivity contribution >= 4 is 26.6 Å². The zero-order valence-corrected chi connectivity index (χ0v) is 16.3. The number of nitrogens with two attached hydrogens (primary N) is 1. The van der Waals surface area contributed by atoms with Gasteiger partial charge in [-0.1, -0.05) is 12.1 Å². The van der Waals surface area contributed by atoms with Crippen LogP contribution in [0.15, 0.2) is 52.3 Å². The van der Waals surface area contributed by atoms with Crippen molar-refractivity contribution < 1.29 is 17.9 Å². The molecule has 1 saturated heterocycles. The van der Waals surface area contributed by atoms with E-state index in [1.54, 1.807) is 30.3 Å². The highest BCUT2D eigenvalue weighted by Crippen LogP contribution is 2.31. The van der Waals surface area contributed by atoms with E-state index in [4.69, 9.17) is 10.5 Å². The molecule has 4 rings (SSSR count). The molecule has 7 nitrogen and oxygen atoms in total. The minimum absolute atomic E-state index is 0.0165. The van der Waals surface area contributed by atoms with Crippen LogP contribution in [0.25, 0.3) is 10.9 Å². The smallest absolute Gasteiger partial charge is 0.250 e. The zero-order valence-electron chi connectivity index (χ0n) is 15.5. The van der Waals surface area contributed by atoms with Crippen LogP contribution in [0, 0.1) is 6.92 Å². The number of primary amides is 1. The van der Waals surface area contributed by atoms with Crippen LogP contribution in [-0.2, 0) is 14.6 Å². The summed E-state index contributed by atoms with van der Waals surface area (Å²) in [7, 11) is -3.90.